The van der Waals surface area contributed by atoms with E-state index in [2.05, 4.69) is 66.7 Å². The van der Waals surface area contributed by atoms with E-state index in [1.165, 1.54) is 23.1 Å². The molecular weight excluding hydrogens is 416 g/mol. The molecule has 0 radical (unpaired) electrons. The SMILES string of the molecule is COc1ccc([S+](c2ccc(OC)cc2)c2ccc(Sc3ccccc3)s2)cc1. The lowest BCUT2D eigenvalue weighted by molar-refractivity contribution is 0.414. The Morgan fingerprint density at radius 3 is 1.72 bits per heavy atom. The molecule has 4 rings (SSSR count). The highest BCUT2D eigenvalue weighted by atomic mass is 32.2. The zero-order valence-electron chi connectivity index (χ0n) is 16.2. The zero-order chi connectivity index (χ0) is 20.1. The molecule has 3 aromatic carbocycles. The average Bonchev–Trinajstić information content (AvgIpc) is 3.23. The summed E-state index contributed by atoms with van der Waals surface area (Å²) in [5.41, 5.74) is 0. The van der Waals surface area contributed by atoms with Crippen LogP contribution in [-0.2, 0) is 10.9 Å². The van der Waals surface area contributed by atoms with Gasteiger partial charge in [-0.15, -0.1) is 0 Å². The second kappa shape index (κ2) is 9.44. The third-order valence-electron chi connectivity index (χ3n) is 4.31. The highest BCUT2D eigenvalue weighted by Crippen LogP contribution is 2.41. The van der Waals surface area contributed by atoms with Gasteiger partial charge in [0.2, 0.25) is 4.21 Å². The van der Waals surface area contributed by atoms with Gasteiger partial charge in [0.25, 0.3) is 0 Å². The maximum atomic E-state index is 5.35. The molecule has 0 saturated heterocycles. The van der Waals surface area contributed by atoms with E-state index in [0.29, 0.717) is 0 Å². The molecule has 29 heavy (non-hydrogen) atoms. The molecular formula is C24H21O2S3+. The quantitative estimate of drug-likeness (QED) is 0.290. The first-order valence-corrected chi connectivity index (χ1v) is 12.0. The van der Waals surface area contributed by atoms with Crippen LogP contribution in [0.15, 0.2) is 114 Å². The van der Waals surface area contributed by atoms with E-state index in [1.807, 2.05) is 47.4 Å². The van der Waals surface area contributed by atoms with E-state index in [4.69, 9.17) is 9.47 Å². The Balaban J connectivity index is 1.69. The molecule has 0 unspecified atom stereocenters. The largest absolute Gasteiger partial charge is 0.497 e. The van der Waals surface area contributed by atoms with Crippen molar-refractivity contribution in [2.75, 3.05) is 14.2 Å². The standard InChI is InChI=1S/C24H21O2S3/c1-25-18-8-12-21(13-9-18)29(22-14-10-19(26-2)11-15-22)24-17-16-23(28-24)27-20-6-4-3-5-7-20/h3-17H,1-2H3/q+1. The summed E-state index contributed by atoms with van der Waals surface area (Å²) in [6.45, 7) is 0. The minimum absolute atomic E-state index is 0.178. The fourth-order valence-corrected chi connectivity index (χ4v) is 7.82. The Labute approximate surface area is 182 Å². The van der Waals surface area contributed by atoms with Crippen molar-refractivity contribution in [3.8, 4) is 11.5 Å². The van der Waals surface area contributed by atoms with Crippen molar-refractivity contribution >= 4 is 34.0 Å². The predicted molar refractivity (Wildman–Crippen MR) is 123 cm³/mol. The van der Waals surface area contributed by atoms with Gasteiger partial charge < -0.3 is 9.47 Å². The van der Waals surface area contributed by atoms with Crippen molar-refractivity contribution in [3.63, 3.8) is 0 Å². The number of rotatable bonds is 7. The first kappa shape index (κ1) is 20.0. The van der Waals surface area contributed by atoms with Gasteiger partial charge in [-0.25, -0.2) is 0 Å². The molecule has 0 spiro atoms. The number of hydrogen-bond acceptors (Lipinski definition) is 4. The van der Waals surface area contributed by atoms with Crippen molar-refractivity contribution in [3.05, 3.63) is 91.0 Å². The van der Waals surface area contributed by atoms with E-state index in [9.17, 15) is 0 Å². The van der Waals surface area contributed by atoms with E-state index in [0.717, 1.165) is 11.5 Å². The van der Waals surface area contributed by atoms with Crippen LogP contribution in [0.5, 0.6) is 11.5 Å². The lowest BCUT2D eigenvalue weighted by Crippen LogP contribution is -2.03. The Morgan fingerprint density at radius 2 is 1.21 bits per heavy atom. The average molecular weight is 438 g/mol. The number of methoxy groups -OCH3 is 2. The second-order valence-electron chi connectivity index (χ2n) is 6.15. The molecule has 0 aliphatic carbocycles. The summed E-state index contributed by atoms with van der Waals surface area (Å²) in [7, 11) is 3.22. The van der Waals surface area contributed by atoms with Crippen LogP contribution >= 0.6 is 23.1 Å². The highest BCUT2D eigenvalue weighted by Gasteiger charge is 2.30. The van der Waals surface area contributed by atoms with E-state index >= 15 is 0 Å². The summed E-state index contributed by atoms with van der Waals surface area (Å²) in [5, 5.41) is 0. The van der Waals surface area contributed by atoms with Crippen molar-refractivity contribution in [1.29, 1.82) is 0 Å². The molecule has 146 valence electrons. The third-order valence-corrected chi connectivity index (χ3v) is 9.11. The molecule has 0 aliphatic rings. The topological polar surface area (TPSA) is 18.5 Å². The van der Waals surface area contributed by atoms with Crippen LogP contribution < -0.4 is 9.47 Å². The Hall–Kier alpha value is -2.34. The summed E-state index contributed by atoms with van der Waals surface area (Å²) in [5.74, 6) is 1.75. The first-order valence-electron chi connectivity index (χ1n) is 9.12. The van der Waals surface area contributed by atoms with Crippen LogP contribution in [-0.4, -0.2) is 14.2 Å². The number of thiophene rings is 1. The van der Waals surface area contributed by atoms with Crippen LogP contribution in [0, 0.1) is 0 Å². The molecule has 1 heterocycles. The van der Waals surface area contributed by atoms with Gasteiger partial charge in [0.05, 0.1) is 18.4 Å². The van der Waals surface area contributed by atoms with Gasteiger partial charge in [0.1, 0.15) is 22.4 Å². The van der Waals surface area contributed by atoms with Crippen LogP contribution in [0.4, 0.5) is 0 Å². The van der Waals surface area contributed by atoms with Gasteiger partial charge in [0.15, 0.2) is 9.79 Å². The smallest absolute Gasteiger partial charge is 0.221 e. The second-order valence-corrected chi connectivity index (χ2v) is 10.9. The minimum Gasteiger partial charge on any atom is -0.497 e. The van der Waals surface area contributed by atoms with Gasteiger partial charge in [-0.1, -0.05) is 41.3 Å². The molecule has 0 atom stereocenters. The van der Waals surface area contributed by atoms with Crippen LogP contribution in [0.25, 0.3) is 0 Å². The summed E-state index contributed by atoms with van der Waals surface area (Å²) in [4.78, 5) is 3.80. The molecule has 4 aromatic rings. The van der Waals surface area contributed by atoms with Crippen molar-refractivity contribution < 1.29 is 9.47 Å². The number of hydrogen-bond donors (Lipinski definition) is 0. The van der Waals surface area contributed by atoms with Gasteiger partial charge in [-0.3, -0.25) is 0 Å². The van der Waals surface area contributed by atoms with Gasteiger partial charge in [-0.2, -0.15) is 0 Å². The molecule has 0 bridgehead atoms. The zero-order valence-corrected chi connectivity index (χ0v) is 18.7. The van der Waals surface area contributed by atoms with Gasteiger partial charge in [0, 0.05) is 11.0 Å². The monoisotopic (exact) mass is 437 g/mol. The normalized spacial score (nSPS) is 10.9. The molecule has 5 heteroatoms. The molecule has 0 saturated carbocycles. The molecule has 0 aliphatic heterocycles. The van der Waals surface area contributed by atoms with Crippen molar-refractivity contribution in [1.82, 2.24) is 0 Å². The maximum absolute atomic E-state index is 5.35. The Kier molecular flexibility index (Phi) is 6.49. The summed E-state index contributed by atoms with van der Waals surface area (Å²) in [6.07, 6.45) is 0. The van der Waals surface area contributed by atoms with Gasteiger partial charge in [-0.05, 0) is 66.7 Å². The fourth-order valence-electron chi connectivity index (χ4n) is 2.86. The Morgan fingerprint density at radius 1 is 0.655 bits per heavy atom. The molecule has 0 fully saturated rings. The summed E-state index contributed by atoms with van der Waals surface area (Å²) in [6, 6.07) is 31.8. The van der Waals surface area contributed by atoms with Crippen molar-refractivity contribution in [2.24, 2.45) is 0 Å². The van der Waals surface area contributed by atoms with E-state index in [-0.39, 0.29) is 10.9 Å². The van der Waals surface area contributed by atoms with E-state index in [1.54, 1.807) is 14.2 Å². The van der Waals surface area contributed by atoms with E-state index < -0.39 is 0 Å². The molecule has 0 amide bonds. The summed E-state index contributed by atoms with van der Waals surface area (Å²) >= 11 is 3.67. The number of ether oxygens (including phenoxy) is 2. The molecule has 2 nitrogen and oxygen atoms in total. The lowest BCUT2D eigenvalue weighted by atomic mass is 10.3. The highest BCUT2D eigenvalue weighted by molar-refractivity contribution is 8.02. The lowest BCUT2D eigenvalue weighted by Gasteiger charge is -2.07. The summed E-state index contributed by atoms with van der Waals surface area (Å²) < 4.78 is 13.3. The first-order chi connectivity index (χ1) is 14.3. The van der Waals surface area contributed by atoms with Crippen LogP contribution in [0.3, 0.4) is 0 Å². The van der Waals surface area contributed by atoms with Gasteiger partial charge >= 0.3 is 0 Å². The third kappa shape index (κ3) is 4.81. The molecule has 0 N–H and O–H groups in total. The van der Waals surface area contributed by atoms with Crippen molar-refractivity contribution in [2.45, 2.75) is 23.1 Å². The maximum Gasteiger partial charge on any atom is 0.221 e. The minimum atomic E-state index is -0.178. The Bertz CT molecular complexity index is 994. The number of benzene rings is 3. The molecule has 1 aromatic heterocycles. The van der Waals surface area contributed by atoms with Crippen LogP contribution in [0.1, 0.15) is 0 Å². The van der Waals surface area contributed by atoms with Crippen LogP contribution in [0.2, 0.25) is 0 Å². The predicted octanol–water partition coefficient (Wildman–Crippen LogP) is 7.01. The fraction of sp³-hybridized carbons (Fsp3) is 0.0833.